The minimum atomic E-state index is -0.387. The molecule has 0 amide bonds. The van der Waals surface area contributed by atoms with Gasteiger partial charge in [-0.25, -0.2) is 0 Å². The van der Waals surface area contributed by atoms with Gasteiger partial charge in [-0.3, -0.25) is 9.59 Å². The number of aryl methyl sites for hydroxylation is 1. The number of ketones is 1. The summed E-state index contributed by atoms with van der Waals surface area (Å²) in [5.74, 6) is -0.563. The molecule has 0 unspecified atom stereocenters. The smallest absolute Gasteiger partial charge is 0.310 e. The fourth-order valence-electron chi connectivity index (χ4n) is 2.19. The molecule has 0 aliphatic rings. The summed E-state index contributed by atoms with van der Waals surface area (Å²) < 4.78 is 5.05. The number of ether oxygens (including phenoxy) is 1. The fourth-order valence-corrected chi connectivity index (χ4v) is 2.19. The number of Topliss-reactive ketones (excluding diaryl/α,β-unsaturated/α-hetero) is 1. The number of esters is 1. The Bertz CT molecular complexity index is 615. The molecule has 0 bridgehead atoms. The van der Waals surface area contributed by atoms with E-state index in [2.05, 4.69) is 6.92 Å². The molecule has 0 atom stereocenters. The van der Waals surface area contributed by atoms with E-state index in [9.17, 15) is 9.59 Å². The van der Waals surface area contributed by atoms with E-state index in [0.717, 1.165) is 18.4 Å². The van der Waals surface area contributed by atoms with Gasteiger partial charge in [0, 0.05) is 5.56 Å². The molecule has 0 aliphatic heterocycles. The van der Waals surface area contributed by atoms with Crippen molar-refractivity contribution >= 4 is 11.8 Å². The first kappa shape index (κ1) is 16.0. The molecule has 3 heteroatoms. The van der Waals surface area contributed by atoms with Crippen molar-refractivity contribution in [1.82, 2.24) is 0 Å². The van der Waals surface area contributed by atoms with Crippen LogP contribution in [0.2, 0.25) is 0 Å². The van der Waals surface area contributed by atoms with Gasteiger partial charge in [0.15, 0.2) is 12.4 Å². The van der Waals surface area contributed by atoms with Crippen LogP contribution in [0.15, 0.2) is 54.6 Å². The van der Waals surface area contributed by atoms with Crippen molar-refractivity contribution < 1.29 is 14.3 Å². The second-order valence-corrected chi connectivity index (χ2v) is 5.19. The molecule has 2 rings (SSSR count). The highest BCUT2D eigenvalue weighted by Crippen LogP contribution is 2.08. The Morgan fingerprint density at radius 3 is 2.23 bits per heavy atom. The molecule has 2 aromatic rings. The Hall–Kier alpha value is -2.42. The van der Waals surface area contributed by atoms with E-state index in [-0.39, 0.29) is 24.8 Å². The maximum absolute atomic E-state index is 12.0. The molecule has 0 aliphatic carbocycles. The lowest BCUT2D eigenvalue weighted by Gasteiger charge is -2.05. The molecule has 0 fully saturated rings. The highest BCUT2D eigenvalue weighted by Gasteiger charge is 2.10. The molecule has 2 aromatic carbocycles. The number of carbonyl (C=O) groups is 2. The molecule has 3 nitrogen and oxygen atoms in total. The van der Waals surface area contributed by atoms with Crippen molar-refractivity contribution in [2.24, 2.45) is 0 Å². The minimum Gasteiger partial charge on any atom is -0.457 e. The van der Waals surface area contributed by atoms with Crippen LogP contribution in [0.25, 0.3) is 0 Å². The molecule has 0 saturated heterocycles. The molecule has 0 N–H and O–H groups in total. The monoisotopic (exact) mass is 296 g/mol. The summed E-state index contributed by atoms with van der Waals surface area (Å²) in [5, 5.41) is 0. The van der Waals surface area contributed by atoms with Gasteiger partial charge in [-0.1, -0.05) is 67.9 Å². The molecular formula is C19H20O3. The summed E-state index contributed by atoms with van der Waals surface area (Å²) in [6.07, 6.45) is 2.26. The van der Waals surface area contributed by atoms with E-state index in [0.29, 0.717) is 5.56 Å². The average Bonchev–Trinajstić information content (AvgIpc) is 2.54. The third-order valence-corrected chi connectivity index (χ3v) is 3.37. The predicted octanol–water partition coefficient (Wildman–Crippen LogP) is 3.61. The second kappa shape index (κ2) is 8.13. The Labute approximate surface area is 130 Å². The van der Waals surface area contributed by atoms with Crippen molar-refractivity contribution in [1.29, 1.82) is 0 Å². The van der Waals surface area contributed by atoms with Gasteiger partial charge in [0.1, 0.15) is 0 Å². The van der Waals surface area contributed by atoms with Gasteiger partial charge < -0.3 is 4.74 Å². The zero-order valence-electron chi connectivity index (χ0n) is 12.7. The fraction of sp³-hybridized carbons (Fsp3) is 0.263. The van der Waals surface area contributed by atoms with Crippen LogP contribution in [0, 0.1) is 0 Å². The van der Waals surface area contributed by atoms with Gasteiger partial charge in [-0.2, -0.15) is 0 Å². The molecule has 0 saturated carbocycles. The summed E-state index contributed by atoms with van der Waals surface area (Å²) in [6, 6.07) is 16.8. The Balaban J connectivity index is 1.83. The highest BCUT2D eigenvalue weighted by atomic mass is 16.5. The van der Waals surface area contributed by atoms with Crippen LogP contribution in [0.4, 0.5) is 0 Å². The standard InChI is InChI=1S/C19H20O3/c1-2-6-15-9-11-17(12-10-15)18(20)14-22-19(21)13-16-7-4-3-5-8-16/h3-5,7-12H,2,6,13-14H2,1H3. The van der Waals surface area contributed by atoms with Gasteiger partial charge >= 0.3 is 5.97 Å². The van der Waals surface area contributed by atoms with E-state index >= 15 is 0 Å². The normalized spacial score (nSPS) is 10.2. The zero-order chi connectivity index (χ0) is 15.8. The summed E-state index contributed by atoms with van der Waals surface area (Å²) in [4.78, 5) is 23.7. The maximum atomic E-state index is 12.0. The third kappa shape index (κ3) is 4.85. The first-order chi connectivity index (χ1) is 10.7. The molecule has 0 radical (unpaired) electrons. The van der Waals surface area contributed by atoms with E-state index in [1.165, 1.54) is 5.56 Å². The summed E-state index contributed by atoms with van der Waals surface area (Å²) >= 11 is 0. The van der Waals surface area contributed by atoms with Gasteiger partial charge in [-0.15, -0.1) is 0 Å². The Kier molecular flexibility index (Phi) is 5.90. The molecule has 22 heavy (non-hydrogen) atoms. The molecule has 114 valence electrons. The first-order valence-corrected chi connectivity index (χ1v) is 7.50. The van der Waals surface area contributed by atoms with Crippen LogP contribution in [0.5, 0.6) is 0 Å². The van der Waals surface area contributed by atoms with Crippen molar-refractivity contribution in [2.75, 3.05) is 6.61 Å². The zero-order valence-corrected chi connectivity index (χ0v) is 12.7. The third-order valence-electron chi connectivity index (χ3n) is 3.37. The highest BCUT2D eigenvalue weighted by molar-refractivity contribution is 5.98. The van der Waals surface area contributed by atoms with Crippen molar-refractivity contribution in [3.63, 3.8) is 0 Å². The quantitative estimate of drug-likeness (QED) is 0.579. The molecule has 0 aromatic heterocycles. The summed E-state index contributed by atoms with van der Waals surface area (Å²) in [5.41, 5.74) is 2.66. The number of rotatable bonds is 7. The van der Waals surface area contributed by atoms with E-state index in [4.69, 9.17) is 4.74 Å². The Morgan fingerprint density at radius 2 is 1.59 bits per heavy atom. The van der Waals surface area contributed by atoms with Gasteiger partial charge in [0.05, 0.1) is 6.42 Å². The van der Waals surface area contributed by atoms with E-state index in [1.807, 2.05) is 42.5 Å². The summed E-state index contributed by atoms with van der Waals surface area (Å²) in [6.45, 7) is 1.91. The number of carbonyl (C=O) groups excluding carboxylic acids is 2. The number of hydrogen-bond acceptors (Lipinski definition) is 3. The topological polar surface area (TPSA) is 43.4 Å². The van der Waals surface area contributed by atoms with E-state index < -0.39 is 0 Å². The first-order valence-electron chi connectivity index (χ1n) is 7.50. The van der Waals surface area contributed by atoms with Crippen LogP contribution in [-0.2, 0) is 22.4 Å². The SMILES string of the molecule is CCCc1ccc(C(=O)COC(=O)Cc2ccccc2)cc1. The summed E-state index contributed by atoms with van der Waals surface area (Å²) in [7, 11) is 0. The molecule has 0 spiro atoms. The van der Waals surface area contributed by atoms with Gasteiger partial charge in [0.2, 0.25) is 0 Å². The van der Waals surface area contributed by atoms with Crippen LogP contribution in [0.1, 0.15) is 34.8 Å². The largest absolute Gasteiger partial charge is 0.457 e. The number of hydrogen-bond donors (Lipinski definition) is 0. The van der Waals surface area contributed by atoms with Crippen LogP contribution >= 0.6 is 0 Å². The van der Waals surface area contributed by atoms with Crippen molar-refractivity contribution in [3.8, 4) is 0 Å². The lowest BCUT2D eigenvalue weighted by atomic mass is 10.1. The van der Waals surface area contributed by atoms with E-state index in [1.54, 1.807) is 12.1 Å². The molecular weight excluding hydrogens is 276 g/mol. The average molecular weight is 296 g/mol. The maximum Gasteiger partial charge on any atom is 0.310 e. The lowest BCUT2D eigenvalue weighted by molar-refractivity contribution is -0.141. The number of benzene rings is 2. The van der Waals surface area contributed by atoms with Gasteiger partial charge in [0.25, 0.3) is 0 Å². The Morgan fingerprint density at radius 1 is 0.909 bits per heavy atom. The lowest BCUT2D eigenvalue weighted by Crippen LogP contribution is -2.15. The van der Waals surface area contributed by atoms with Crippen molar-refractivity contribution in [3.05, 3.63) is 71.3 Å². The predicted molar refractivity (Wildman–Crippen MR) is 85.9 cm³/mol. The molecule has 0 heterocycles. The van der Waals surface area contributed by atoms with Crippen molar-refractivity contribution in [2.45, 2.75) is 26.2 Å². The van der Waals surface area contributed by atoms with Crippen LogP contribution in [0.3, 0.4) is 0 Å². The van der Waals surface area contributed by atoms with Gasteiger partial charge in [-0.05, 0) is 17.5 Å². The van der Waals surface area contributed by atoms with Crippen LogP contribution in [-0.4, -0.2) is 18.4 Å². The van der Waals surface area contributed by atoms with Crippen LogP contribution < -0.4 is 0 Å². The minimum absolute atomic E-state index is 0.176. The second-order valence-electron chi connectivity index (χ2n) is 5.19.